The van der Waals surface area contributed by atoms with E-state index in [0.29, 0.717) is 17.8 Å². The molecule has 150 valence electrons. The molecule has 9 heteroatoms. The molecule has 0 spiro atoms. The number of ether oxygens (including phenoxy) is 1. The maximum absolute atomic E-state index is 12.1. The second kappa shape index (κ2) is 9.57. The molecule has 0 saturated heterocycles. The topological polar surface area (TPSA) is 104 Å². The zero-order chi connectivity index (χ0) is 20.0. The molecule has 2 aromatic rings. The molecule has 1 aromatic carbocycles. The van der Waals surface area contributed by atoms with Gasteiger partial charge in [0.2, 0.25) is 10.0 Å². The molecule has 27 heavy (non-hydrogen) atoms. The van der Waals surface area contributed by atoms with Crippen molar-refractivity contribution in [3.8, 4) is 0 Å². The Bertz CT molecular complexity index is 889. The highest BCUT2D eigenvalue weighted by atomic mass is 32.2. The van der Waals surface area contributed by atoms with E-state index in [-0.39, 0.29) is 22.7 Å². The van der Waals surface area contributed by atoms with Gasteiger partial charge in [-0.1, -0.05) is 20.3 Å². The number of unbranched alkanes of at least 4 members (excludes halogenated alkanes) is 1. The number of nitrogens with zero attached hydrogens (tertiary/aromatic N) is 2. The average molecular weight is 414 g/mol. The number of carbonyl (C=O) groups is 1. The fourth-order valence-electron chi connectivity index (χ4n) is 2.80. The molecule has 2 rings (SSSR count). The maximum atomic E-state index is 12.1. The largest absolute Gasteiger partial charge is 0.457 e. The first-order valence-corrected chi connectivity index (χ1v) is 11.8. The highest BCUT2D eigenvalue weighted by Crippen LogP contribution is 2.22. The lowest BCUT2D eigenvalue weighted by molar-refractivity contribution is -0.145. The smallest absolute Gasteiger partial charge is 0.307 e. The number of esters is 1. The van der Waals surface area contributed by atoms with Crippen LogP contribution in [0.5, 0.6) is 0 Å². The Kier molecular flexibility index (Phi) is 7.69. The summed E-state index contributed by atoms with van der Waals surface area (Å²) < 4.78 is 30.6. The summed E-state index contributed by atoms with van der Waals surface area (Å²) in [6, 6.07) is 4.63. The van der Waals surface area contributed by atoms with Crippen molar-refractivity contribution in [3.63, 3.8) is 0 Å². The van der Waals surface area contributed by atoms with Crippen LogP contribution < -0.4 is 5.14 Å². The first kappa shape index (κ1) is 21.7. The lowest BCUT2D eigenvalue weighted by atomic mass is 10.2. The number of hydrogen-bond donors (Lipinski definition) is 1. The number of thioether (sulfide) groups is 1. The van der Waals surface area contributed by atoms with Gasteiger partial charge in [-0.3, -0.25) is 4.79 Å². The number of fused-ring (bicyclic) bond motifs is 1. The van der Waals surface area contributed by atoms with Crippen LogP contribution in [0, 0.1) is 0 Å². The van der Waals surface area contributed by atoms with Gasteiger partial charge in [-0.25, -0.2) is 18.5 Å². The van der Waals surface area contributed by atoms with Gasteiger partial charge in [0.05, 0.1) is 22.3 Å². The zero-order valence-electron chi connectivity index (χ0n) is 16.0. The van der Waals surface area contributed by atoms with E-state index in [4.69, 9.17) is 9.88 Å². The van der Waals surface area contributed by atoms with Gasteiger partial charge in [0.25, 0.3) is 0 Å². The Morgan fingerprint density at radius 1 is 1.37 bits per heavy atom. The first-order chi connectivity index (χ1) is 12.8. The predicted molar refractivity (Wildman–Crippen MR) is 108 cm³/mol. The van der Waals surface area contributed by atoms with E-state index >= 15 is 0 Å². The minimum absolute atomic E-state index is 0.0180. The third kappa shape index (κ3) is 5.70. The summed E-state index contributed by atoms with van der Waals surface area (Å²) in [4.78, 5) is 16.6. The molecule has 1 aromatic heterocycles. The normalized spacial score (nSPS) is 13.0. The van der Waals surface area contributed by atoms with Crippen LogP contribution in [0.15, 0.2) is 23.1 Å². The molecular weight excluding hydrogens is 386 g/mol. The van der Waals surface area contributed by atoms with Crippen LogP contribution in [0.1, 0.15) is 45.4 Å². The van der Waals surface area contributed by atoms with E-state index in [9.17, 15) is 13.2 Å². The minimum Gasteiger partial charge on any atom is -0.457 e. The van der Waals surface area contributed by atoms with Crippen molar-refractivity contribution in [2.45, 2.75) is 62.8 Å². The SMILES string of the molecule is CCCCn1c(COC(=O)CC(CC)SC)nc2cc(S(N)(=O)=O)ccc21. The molecule has 1 atom stereocenters. The monoisotopic (exact) mass is 413 g/mol. The van der Waals surface area contributed by atoms with Gasteiger partial charge in [0.15, 0.2) is 0 Å². The fourth-order valence-corrected chi connectivity index (χ4v) is 3.97. The van der Waals surface area contributed by atoms with Crippen LogP contribution >= 0.6 is 11.8 Å². The molecule has 0 bridgehead atoms. The maximum Gasteiger partial charge on any atom is 0.307 e. The third-order valence-electron chi connectivity index (χ3n) is 4.41. The van der Waals surface area contributed by atoms with Gasteiger partial charge in [-0.2, -0.15) is 11.8 Å². The van der Waals surface area contributed by atoms with Crippen molar-refractivity contribution in [2.75, 3.05) is 6.26 Å². The Labute approximate surface area is 164 Å². The van der Waals surface area contributed by atoms with Crippen molar-refractivity contribution in [3.05, 3.63) is 24.0 Å². The first-order valence-electron chi connectivity index (χ1n) is 9.00. The number of imidazole rings is 1. The van der Waals surface area contributed by atoms with Crippen LogP contribution in [-0.4, -0.2) is 35.4 Å². The summed E-state index contributed by atoms with van der Waals surface area (Å²) in [5, 5.41) is 5.45. The van der Waals surface area contributed by atoms with Crippen LogP contribution in [0.4, 0.5) is 0 Å². The molecule has 0 amide bonds. The molecule has 0 fully saturated rings. The van der Waals surface area contributed by atoms with Gasteiger partial charge in [-0.15, -0.1) is 0 Å². The Hall–Kier alpha value is -1.58. The second-order valence-electron chi connectivity index (χ2n) is 6.36. The van der Waals surface area contributed by atoms with Crippen molar-refractivity contribution in [2.24, 2.45) is 5.14 Å². The number of aromatic nitrogens is 2. The van der Waals surface area contributed by atoms with E-state index < -0.39 is 10.0 Å². The van der Waals surface area contributed by atoms with Gasteiger partial charge in [0, 0.05) is 11.8 Å². The van der Waals surface area contributed by atoms with Crippen molar-refractivity contribution < 1.29 is 17.9 Å². The van der Waals surface area contributed by atoms with E-state index in [1.165, 1.54) is 12.1 Å². The van der Waals surface area contributed by atoms with Crippen molar-refractivity contribution >= 4 is 38.8 Å². The van der Waals surface area contributed by atoms with Crippen LogP contribution in [0.3, 0.4) is 0 Å². The number of carbonyl (C=O) groups excluding carboxylic acids is 1. The second-order valence-corrected chi connectivity index (χ2v) is 9.06. The van der Waals surface area contributed by atoms with Gasteiger partial charge in [-0.05, 0) is 37.3 Å². The molecule has 2 N–H and O–H groups in total. The molecule has 7 nitrogen and oxygen atoms in total. The molecule has 1 heterocycles. The Morgan fingerprint density at radius 3 is 2.70 bits per heavy atom. The summed E-state index contributed by atoms with van der Waals surface area (Å²) >= 11 is 1.65. The number of primary sulfonamides is 1. The standard InChI is InChI=1S/C18H27N3O4S2/c1-4-6-9-21-16-8-7-14(27(19,23)24)11-15(16)20-17(21)12-25-18(22)10-13(5-2)26-3/h7-8,11,13H,4-6,9-10,12H2,1-3H3,(H2,19,23,24). The lowest BCUT2D eigenvalue weighted by Gasteiger charge is -2.12. The number of sulfonamides is 1. The van der Waals surface area contributed by atoms with E-state index in [1.807, 2.05) is 17.7 Å². The summed E-state index contributed by atoms with van der Waals surface area (Å²) in [6.07, 6.45) is 5.19. The molecule has 1 unspecified atom stereocenters. The molecule has 0 aliphatic carbocycles. The summed E-state index contributed by atoms with van der Waals surface area (Å²) in [7, 11) is -3.80. The molecule has 0 saturated carbocycles. The van der Waals surface area contributed by atoms with Crippen LogP contribution in [0.2, 0.25) is 0 Å². The van der Waals surface area contributed by atoms with Crippen molar-refractivity contribution in [1.82, 2.24) is 9.55 Å². The zero-order valence-corrected chi connectivity index (χ0v) is 17.6. The molecule has 0 aliphatic rings. The number of benzene rings is 1. The number of aryl methyl sites for hydroxylation is 1. The van der Waals surface area contributed by atoms with E-state index in [2.05, 4.69) is 11.9 Å². The molecule has 0 radical (unpaired) electrons. The number of rotatable bonds is 10. The van der Waals surface area contributed by atoms with Gasteiger partial charge in [0.1, 0.15) is 12.4 Å². The van der Waals surface area contributed by atoms with Gasteiger partial charge >= 0.3 is 5.97 Å². The van der Waals surface area contributed by atoms with Gasteiger partial charge < -0.3 is 9.30 Å². The Morgan fingerprint density at radius 2 is 2.11 bits per heavy atom. The van der Waals surface area contributed by atoms with E-state index in [0.717, 1.165) is 31.3 Å². The summed E-state index contributed by atoms with van der Waals surface area (Å²) in [5.41, 5.74) is 1.33. The van der Waals surface area contributed by atoms with Crippen LogP contribution in [-0.2, 0) is 32.7 Å². The molecule has 0 aliphatic heterocycles. The van der Waals surface area contributed by atoms with E-state index in [1.54, 1.807) is 17.8 Å². The highest BCUT2D eigenvalue weighted by molar-refractivity contribution is 7.99. The average Bonchev–Trinajstić information content (AvgIpc) is 2.98. The fraction of sp³-hybridized carbons (Fsp3) is 0.556. The summed E-state index contributed by atoms with van der Waals surface area (Å²) in [6.45, 7) is 4.91. The third-order valence-corrected chi connectivity index (χ3v) is 6.49. The number of hydrogen-bond acceptors (Lipinski definition) is 6. The highest BCUT2D eigenvalue weighted by Gasteiger charge is 2.17. The van der Waals surface area contributed by atoms with Crippen molar-refractivity contribution in [1.29, 1.82) is 0 Å². The Balaban J connectivity index is 2.26. The predicted octanol–water partition coefficient (Wildman–Crippen LogP) is 3.06. The number of nitrogens with two attached hydrogens (primary N) is 1. The summed E-state index contributed by atoms with van der Waals surface area (Å²) in [5.74, 6) is 0.353. The van der Waals surface area contributed by atoms with Crippen LogP contribution in [0.25, 0.3) is 11.0 Å². The lowest BCUT2D eigenvalue weighted by Crippen LogP contribution is -2.14. The minimum atomic E-state index is -3.80. The molecular formula is C18H27N3O4S2. The quantitative estimate of drug-likeness (QED) is 0.600.